The van der Waals surface area contributed by atoms with Gasteiger partial charge in [0.2, 0.25) is 0 Å². The summed E-state index contributed by atoms with van der Waals surface area (Å²) in [6, 6.07) is 5.72. The van der Waals surface area contributed by atoms with Crippen molar-refractivity contribution in [3.8, 4) is 5.75 Å². The van der Waals surface area contributed by atoms with Gasteiger partial charge in [0.25, 0.3) is 0 Å². The number of carbonyl (C=O) groups is 1. The fourth-order valence-electron chi connectivity index (χ4n) is 2.55. The number of ketones is 1. The van der Waals surface area contributed by atoms with Crippen molar-refractivity contribution in [1.82, 2.24) is 0 Å². The molecule has 0 amide bonds. The van der Waals surface area contributed by atoms with Crippen LogP contribution in [0.25, 0.3) is 0 Å². The lowest BCUT2D eigenvalue weighted by Gasteiger charge is -2.09. The maximum atomic E-state index is 11.4. The Hall–Kier alpha value is -1.31. The van der Waals surface area contributed by atoms with Crippen molar-refractivity contribution in [2.24, 2.45) is 0 Å². The lowest BCUT2D eigenvalue weighted by Crippen LogP contribution is -2.00. The number of rotatable bonds is 11. The van der Waals surface area contributed by atoms with E-state index in [1.807, 2.05) is 25.1 Å². The van der Waals surface area contributed by atoms with E-state index in [1.165, 1.54) is 44.9 Å². The van der Waals surface area contributed by atoms with E-state index < -0.39 is 0 Å². The van der Waals surface area contributed by atoms with Crippen molar-refractivity contribution in [1.29, 1.82) is 0 Å². The highest BCUT2D eigenvalue weighted by atomic mass is 16.5. The molecule has 0 saturated carbocycles. The van der Waals surface area contributed by atoms with E-state index in [9.17, 15) is 4.79 Å². The third-order valence-corrected chi connectivity index (χ3v) is 3.84. The van der Waals surface area contributed by atoms with Gasteiger partial charge in [-0.15, -0.1) is 0 Å². The minimum Gasteiger partial charge on any atom is -0.494 e. The van der Waals surface area contributed by atoms with Gasteiger partial charge in [-0.2, -0.15) is 0 Å². The van der Waals surface area contributed by atoms with E-state index >= 15 is 0 Å². The molecule has 118 valence electrons. The summed E-state index contributed by atoms with van der Waals surface area (Å²) in [4.78, 5) is 11.4. The molecule has 0 aliphatic heterocycles. The minimum atomic E-state index is 0.113. The third-order valence-electron chi connectivity index (χ3n) is 3.84. The Bertz CT molecular complexity index is 424. The molecular formula is C19H30O2. The molecular weight excluding hydrogens is 260 g/mol. The fraction of sp³-hybridized carbons (Fsp3) is 0.632. The third kappa shape index (κ3) is 7.31. The van der Waals surface area contributed by atoms with Gasteiger partial charge in [-0.05, 0) is 44.0 Å². The van der Waals surface area contributed by atoms with Gasteiger partial charge in [0.05, 0.1) is 6.61 Å². The summed E-state index contributed by atoms with van der Waals surface area (Å²) in [6.45, 7) is 6.58. The first-order valence-electron chi connectivity index (χ1n) is 8.39. The fourth-order valence-corrected chi connectivity index (χ4v) is 2.55. The summed E-state index contributed by atoms with van der Waals surface area (Å²) in [7, 11) is 0. The van der Waals surface area contributed by atoms with Gasteiger partial charge in [0, 0.05) is 5.56 Å². The maximum Gasteiger partial charge on any atom is 0.160 e. The average Bonchev–Trinajstić information content (AvgIpc) is 2.45. The van der Waals surface area contributed by atoms with Gasteiger partial charge in [-0.1, -0.05) is 51.9 Å². The molecule has 0 heterocycles. The van der Waals surface area contributed by atoms with Crippen molar-refractivity contribution < 1.29 is 9.53 Å². The normalized spacial score (nSPS) is 10.6. The lowest BCUT2D eigenvalue weighted by atomic mass is 10.1. The van der Waals surface area contributed by atoms with Crippen LogP contribution >= 0.6 is 0 Å². The van der Waals surface area contributed by atoms with Crippen LogP contribution < -0.4 is 4.74 Å². The van der Waals surface area contributed by atoms with E-state index in [0.29, 0.717) is 0 Å². The first-order valence-corrected chi connectivity index (χ1v) is 8.39. The summed E-state index contributed by atoms with van der Waals surface area (Å²) < 4.78 is 5.76. The average molecular weight is 290 g/mol. The molecule has 0 bridgehead atoms. The summed E-state index contributed by atoms with van der Waals surface area (Å²) in [6.07, 6.45) is 10.5. The molecule has 0 radical (unpaired) electrons. The number of Topliss-reactive ketones (excluding diaryl/α,β-unsaturated/α-hetero) is 1. The van der Waals surface area contributed by atoms with Crippen LogP contribution in [0.15, 0.2) is 18.2 Å². The molecule has 0 saturated heterocycles. The number of hydrogen-bond acceptors (Lipinski definition) is 2. The number of benzene rings is 1. The maximum absolute atomic E-state index is 11.4. The summed E-state index contributed by atoms with van der Waals surface area (Å²) in [5, 5.41) is 0. The number of hydrogen-bond donors (Lipinski definition) is 0. The predicted molar refractivity (Wildman–Crippen MR) is 89.3 cm³/mol. The number of ether oxygens (including phenoxy) is 1. The van der Waals surface area contributed by atoms with Gasteiger partial charge >= 0.3 is 0 Å². The SMILES string of the molecule is CCCCCCCCCCOc1ccc(C(C)=O)c(C)c1. The van der Waals surface area contributed by atoms with Gasteiger partial charge in [-0.3, -0.25) is 4.79 Å². The van der Waals surface area contributed by atoms with Crippen LogP contribution in [0.3, 0.4) is 0 Å². The molecule has 0 fully saturated rings. The van der Waals surface area contributed by atoms with Crippen LogP contribution in [-0.2, 0) is 0 Å². The Morgan fingerprint density at radius 1 is 1.00 bits per heavy atom. The standard InChI is InChI=1S/C19H30O2/c1-4-5-6-7-8-9-10-11-14-21-18-12-13-19(17(3)20)16(2)15-18/h12-13,15H,4-11,14H2,1-3H3. The minimum absolute atomic E-state index is 0.113. The number of carbonyl (C=O) groups excluding carboxylic acids is 1. The molecule has 2 nitrogen and oxygen atoms in total. The summed E-state index contributed by atoms with van der Waals surface area (Å²) in [5.74, 6) is 0.988. The van der Waals surface area contributed by atoms with Crippen LogP contribution in [0.4, 0.5) is 0 Å². The van der Waals surface area contributed by atoms with Crippen LogP contribution in [0, 0.1) is 6.92 Å². The topological polar surface area (TPSA) is 26.3 Å². The van der Waals surface area contributed by atoms with E-state index in [2.05, 4.69) is 6.92 Å². The summed E-state index contributed by atoms with van der Waals surface area (Å²) in [5.41, 5.74) is 1.78. The number of unbranched alkanes of at least 4 members (excludes halogenated alkanes) is 7. The monoisotopic (exact) mass is 290 g/mol. The first-order chi connectivity index (χ1) is 10.1. The first kappa shape index (κ1) is 17.7. The van der Waals surface area contributed by atoms with Crippen molar-refractivity contribution in [3.63, 3.8) is 0 Å². The molecule has 1 aromatic rings. The largest absolute Gasteiger partial charge is 0.494 e. The molecule has 0 aliphatic carbocycles. The second-order valence-corrected chi connectivity index (χ2v) is 5.86. The number of aryl methyl sites for hydroxylation is 1. The van der Waals surface area contributed by atoms with Gasteiger partial charge in [-0.25, -0.2) is 0 Å². The molecule has 0 aromatic heterocycles. The van der Waals surface area contributed by atoms with Crippen LogP contribution in [0.2, 0.25) is 0 Å². The lowest BCUT2D eigenvalue weighted by molar-refractivity contribution is 0.101. The second-order valence-electron chi connectivity index (χ2n) is 5.86. The zero-order chi connectivity index (χ0) is 15.5. The molecule has 1 aromatic carbocycles. The molecule has 0 N–H and O–H groups in total. The highest BCUT2D eigenvalue weighted by Gasteiger charge is 2.04. The second kappa shape index (κ2) is 10.4. The van der Waals surface area contributed by atoms with Crippen LogP contribution in [0.5, 0.6) is 5.75 Å². The highest BCUT2D eigenvalue weighted by Crippen LogP contribution is 2.18. The Morgan fingerprint density at radius 3 is 2.19 bits per heavy atom. The van der Waals surface area contributed by atoms with E-state index in [4.69, 9.17) is 4.74 Å². The van der Waals surface area contributed by atoms with Gasteiger partial charge in [0.1, 0.15) is 5.75 Å². The molecule has 2 heteroatoms. The molecule has 0 atom stereocenters. The highest BCUT2D eigenvalue weighted by molar-refractivity contribution is 5.95. The molecule has 0 unspecified atom stereocenters. The molecule has 0 spiro atoms. The molecule has 1 rings (SSSR count). The smallest absolute Gasteiger partial charge is 0.160 e. The van der Waals surface area contributed by atoms with E-state index in [0.717, 1.165) is 29.9 Å². The van der Waals surface area contributed by atoms with E-state index in [-0.39, 0.29) is 5.78 Å². The Labute approximate surface area is 129 Å². The zero-order valence-corrected chi connectivity index (χ0v) is 13.9. The van der Waals surface area contributed by atoms with Gasteiger partial charge < -0.3 is 4.74 Å². The predicted octanol–water partition coefficient (Wildman–Crippen LogP) is 5.72. The van der Waals surface area contributed by atoms with Crippen molar-refractivity contribution in [3.05, 3.63) is 29.3 Å². The van der Waals surface area contributed by atoms with Crippen molar-refractivity contribution >= 4 is 5.78 Å². The molecule has 21 heavy (non-hydrogen) atoms. The van der Waals surface area contributed by atoms with Crippen LogP contribution in [-0.4, -0.2) is 12.4 Å². The van der Waals surface area contributed by atoms with Crippen molar-refractivity contribution in [2.75, 3.05) is 6.61 Å². The Balaban J connectivity index is 2.13. The molecule has 0 aliphatic rings. The zero-order valence-electron chi connectivity index (χ0n) is 13.9. The van der Waals surface area contributed by atoms with Crippen molar-refractivity contribution in [2.45, 2.75) is 72.1 Å². The van der Waals surface area contributed by atoms with Gasteiger partial charge in [0.15, 0.2) is 5.78 Å². The Kier molecular flexibility index (Phi) is 8.80. The Morgan fingerprint density at radius 2 is 1.62 bits per heavy atom. The van der Waals surface area contributed by atoms with Crippen LogP contribution in [0.1, 0.15) is 81.1 Å². The van der Waals surface area contributed by atoms with E-state index in [1.54, 1.807) is 6.92 Å². The summed E-state index contributed by atoms with van der Waals surface area (Å²) >= 11 is 0. The quantitative estimate of drug-likeness (QED) is 0.385.